The fourth-order valence-electron chi connectivity index (χ4n) is 4.07. The molecule has 1 unspecified atom stereocenters. The van der Waals surface area contributed by atoms with E-state index in [1.165, 1.54) is 17.0 Å². The second-order valence-corrected chi connectivity index (χ2v) is 14.0. The highest BCUT2D eigenvalue weighted by atomic mass is 79.9. The standard InChI is InChI=1S/C29H32BrCl2N3O4S/c1-29(2,3)33-28(37)25(17-20-9-6-5-7-10-20)34(18-21-13-15-22(30)16-14-21)26(36)19-35(40(4,38)39)24-12-8-11-23(31)27(24)32/h5-16,25H,17-19H2,1-4H3,(H,33,37). The summed E-state index contributed by atoms with van der Waals surface area (Å²) in [4.78, 5) is 29.2. The van der Waals surface area contributed by atoms with E-state index in [1.807, 2.05) is 75.4 Å². The summed E-state index contributed by atoms with van der Waals surface area (Å²) in [5, 5.41) is 3.15. The third-order valence-electron chi connectivity index (χ3n) is 5.91. The maximum atomic E-state index is 14.1. The van der Waals surface area contributed by atoms with Crippen molar-refractivity contribution in [1.82, 2.24) is 10.2 Å². The number of halogens is 3. The zero-order valence-electron chi connectivity index (χ0n) is 22.7. The molecule has 0 fully saturated rings. The minimum atomic E-state index is -3.96. The van der Waals surface area contributed by atoms with Crippen molar-refractivity contribution in [2.75, 3.05) is 17.1 Å². The third kappa shape index (κ3) is 8.96. The number of carbonyl (C=O) groups is 2. The molecule has 0 aliphatic carbocycles. The van der Waals surface area contributed by atoms with Crippen LogP contribution in [-0.4, -0.2) is 49.5 Å². The molecule has 1 N–H and O–H groups in total. The average Bonchev–Trinajstić information content (AvgIpc) is 2.86. The maximum Gasteiger partial charge on any atom is 0.244 e. The largest absolute Gasteiger partial charge is 0.350 e. The van der Waals surface area contributed by atoms with Crippen molar-refractivity contribution in [1.29, 1.82) is 0 Å². The van der Waals surface area contributed by atoms with Crippen molar-refractivity contribution in [2.24, 2.45) is 0 Å². The van der Waals surface area contributed by atoms with E-state index in [0.29, 0.717) is 0 Å². The number of sulfonamides is 1. The van der Waals surface area contributed by atoms with Crippen LogP contribution in [0.15, 0.2) is 77.3 Å². The average molecular weight is 669 g/mol. The summed E-state index contributed by atoms with van der Waals surface area (Å²) in [7, 11) is -3.96. The highest BCUT2D eigenvalue weighted by Gasteiger charge is 2.34. The summed E-state index contributed by atoms with van der Waals surface area (Å²) in [6.45, 7) is 5.07. The van der Waals surface area contributed by atoms with Gasteiger partial charge in [0.15, 0.2) is 0 Å². The highest BCUT2D eigenvalue weighted by Crippen LogP contribution is 2.34. The number of anilines is 1. The molecule has 0 spiro atoms. The van der Waals surface area contributed by atoms with Gasteiger partial charge in [0.1, 0.15) is 12.6 Å². The number of benzene rings is 3. The molecule has 11 heteroatoms. The zero-order valence-corrected chi connectivity index (χ0v) is 26.6. The molecule has 0 saturated heterocycles. The lowest BCUT2D eigenvalue weighted by molar-refractivity contribution is -0.140. The van der Waals surface area contributed by atoms with Gasteiger partial charge in [-0.15, -0.1) is 0 Å². The van der Waals surface area contributed by atoms with Crippen LogP contribution in [0.25, 0.3) is 0 Å². The molecule has 0 heterocycles. The Morgan fingerprint density at radius 1 is 0.925 bits per heavy atom. The molecule has 3 aromatic carbocycles. The number of amides is 2. The minimum Gasteiger partial charge on any atom is -0.350 e. The molecule has 0 aromatic heterocycles. The molecule has 0 bridgehead atoms. The van der Waals surface area contributed by atoms with E-state index < -0.39 is 34.1 Å². The van der Waals surface area contributed by atoms with E-state index >= 15 is 0 Å². The SMILES string of the molecule is CC(C)(C)NC(=O)C(Cc1ccccc1)N(Cc1ccc(Br)cc1)C(=O)CN(c1cccc(Cl)c1Cl)S(C)(=O)=O. The van der Waals surface area contributed by atoms with Gasteiger partial charge in [0.05, 0.1) is 22.0 Å². The summed E-state index contributed by atoms with van der Waals surface area (Å²) >= 11 is 16.0. The van der Waals surface area contributed by atoms with Crippen LogP contribution in [0, 0.1) is 0 Å². The van der Waals surface area contributed by atoms with E-state index in [2.05, 4.69) is 21.2 Å². The molecule has 7 nitrogen and oxygen atoms in total. The fourth-order valence-corrected chi connectivity index (χ4v) is 5.64. The van der Waals surface area contributed by atoms with Gasteiger partial charge in [-0.25, -0.2) is 8.42 Å². The van der Waals surface area contributed by atoms with Crippen LogP contribution in [0.5, 0.6) is 0 Å². The summed E-state index contributed by atoms with van der Waals surface area (Å²) in [6.07, 6.45) is 1.21. The number of rotatable bonds is 10. The van der Waals surface area contributed by atoms with Gasteiger partial charge in [0.25, 0.3) is 0 Å². The second-order valence-electron chi connectivity index (χ2n) is 10.4. The van der Waals surface area contributed by atoms with Crippen LogP contribution in [0.3, 0.4) is 0 Å². The molecule has 3 aromatic rings. The number of hydrogen-bond acceptors (Lipinski definition) is 4. The molecule has 214 valence electrons. The fraction of sp³-hybridized carbons (Fsp3) is 0.310. The third-order valence-corrected chi connectivity index (χ3v) is 8.38. The lowest BCUT2D eigenvalue weighted by Crippen LogP contribution is -2.56. The van der Waals surface area contributed by atoms with Crippen molar-refractivity contribution in [3.05, 3.63) is 98.4 Å². The Hall–Kier alpha value is -2.59. The topological polar surface area (TPSA) is 86.8 Å². The summed E-state index contributed by atoms with van der Waals surface area (Å²) < 4.78 is 27.6. The van der Waals surface area contributed by atoms with E-state index in [9.17, 15) is 18.0 Å². The van der Waals surface area contributed by atoms with Gasteiger partial charge in [-0.1, -0.05) is 87.7 Å². The molecular weight excluding hydrogens is 637 g/mol. The summed E-state index contributed by atoms with van der Waals surface area (Å²) in [5.41, 5.74) is 1.13. The smallest absolute Gasteiger partial charge is 0.244 e. The van der Waals surface area contributed by atoms with Crippen molar-refractivity contribution >= 4 is 66.7 Å². The monoisotopic (exact) mass is 667 g/mol. The van der Waals surface area contributed by atoms with Gasteiger partial charge >= 0.3 is 0 Å². The Labute approximate surface area is 254 Å². The molecule has 1 atom stereocenters. The number of hydrogen-bond donors (Lipinski definition) is 1. The van der Waals surface area contributed by atoms with Crippen LogP contribution < -0.4 is 9.62 Å². The lowest BCUT2D eigenvalue weighted by atomic mass is 10.0. The summed E-state index contributed by atoms with van der Waals surface area (Å²) in [5.74, 6) is -0.928. The first-order chi connectivity index (χ1) is 18.7. The van der Waals surface area contributed by atoms with Gasteiger partial charge in [-0.3, -0.25) is 13.9 Å². The Bertz CT molecular complexity index is 1450. The van der Waals surface area contributed by atoms with E-state index in [4.69, 9.17) is 23.2 Å². The molecule has 0 aliphatic heterocycles. The van der Waals surface area contributed by atoms with Gasteiger partial charge in [-0.2, -0.15) is 0 Å². The van der Waals surface area contributed by atoms with Crippen LogP contribution in [-0.2, 0) is 32.6 Å². The van der Waals surface area contributed by atoms with E-state index in [0.717, 1.165) is 26.2 Å². The van der Waals surface area contributed by atoms with Crippen LogP contribution in [0.4, 0.5) is 5.69 Å². The Balaban J connectivity index is 2.09. The molecule has 40 heavy (non-hydrogen) atoms. The number of nitrogens with zero attached hydrogens (tertiary/aromatic N) is 2. The molecule has 0 aliphatic rings. The Morgan fingerprint density at radius 3 is 2.12 bits per heavy atom. The Morgan fingerprint density at radius 2 is 1.55 bits per heavy atom. The molecule has 0 radical (unpaired) electrons. The maximum absolute atomic E-state index is 14.1. The van der Waals surface area contributed by atoms with Crippen molar-refractivity contribution < 1.29 is 18.0 Å². The predicted molar refractivity (Wildman–Crippen MR) is 165 cm³/mol. The first kappa shape index (κ1) is 31.9. The molecule has 2 amide bonds. The normalized spacial score (nSPS) is 12.5. The molecular formula is C29H32BrCl2N3O4S. The number of carbonyl (C=O) groups excluding carboxylic acids is 2. The van der Waals surface area contributed by atoms with Crippen LogP contribution in [0.1, 0.15) is 31.9 Å². The zero-order chi connectivity index (χ0) is 29.7. The van der Waals surface area contributed by atoms with Crippen molar-refractivity contribution in [3.63, 3.8) is 0 Å². The van der Waals surface area contributed by atoms with Crippen LogP contribution >= 0.6 is 39.1 Å². The van der Waals surface area contributed by atoms with E-state index in [-0.39, 0.29) is 34.6 Å². The van der Waals surface area contributed by atoms with Crippen molar-refractivity contribution in [2.45, 2.75) is 45.3 Å². The van der Waals surface area contributed by atoms with E-state index in [1.54, 1.807) is 6.07 Å². The van der Waals surface area contributed by atoms with Gasteiger partial charge in [-0.05, 0) is 56.2 Å². The predicted octanol–water partition coefficient (Wildman–Crippen LogP) is 6.08. The number of nitrogens with one attached hydrogen (secondary N) is 1. The minimum absolute atomic E-state index is 0.00756. The first-order valence-corrected chi connectivity index (χ1v) is 15.9. The first-order valence-electron chi connectivity index (χ1n) is 12.5. The summed E-state index contributed by atoms with van der Waals surface area (Å²) in [6, 6.07) is 20.4. The molecule has 3 rings (SSSR count). The quantitative estimate of drug-likeness (QED) is 0.284. The van der Waals surface area contributed by atoms with Gasteiger partial charge < -0.3 is 10.2 Å². The second kappa shape index (κ2) is 13.4. The van der Waals surface area contributed by atoms with Crippen LogP contribution in [0.2, 0.25) is 10.0 Å². The van der Waals surface area contributed by atoms with Crippen molar-refractivity contribution in [3.8, 4) is 0 Å². The van der Waals surface area contributed by atoms with Gasteiger partial charge in [0, 0.05) is 23.0 Å². The molecule has 0 saturated carbocycles. The Kier molecular flexibility index (Phi) is 10.7. The highest BCUT2D eigenvalue weighted by molar-refractivity contribution is 9.10. The van der Waals surface area contributed by atoms with Gasteiger partial charge in [0.2, 0.25) is 21.8 Å². The lowest BCUT2D eigenvalue weighted by Gasteiger charge is -2.35.